The molecule has 0 spiro atoms. The van der Waals surface area contributed by atoms with Crippen molar-refractivity contribution >= 4 is 51.2 Å². The van der Waals surface area contributed by atoms with Crippen molar-refractivity contribution in [1.82, 2.24) is 4.98 Å². The molecule has 0 saturated carbocycles. The van der Waals surface area contributed by atoms with Crippen molar-refractivity contribution in [3.05, 3.63) is 46.7 Å². The van der Waals surface area contributed by atoms with Crippen LogP contribution >= 0.6 is 34.4 Å². The van der Waals surface area contributed by atoms with Crippen molar-refractivity contribution in [3.63, 3.8) is 0 Å². The maximum absolute atomic E-state index is 11.7. The highest BCUT2D eigenvalue weighted by atomic mass is 32.2. The summed E-state index contributed by atoms with van der Waals surface area (Å²) < 4.78 is 5.86. The summed E-state index contributed by atoms with van der Waals surface area (Å²) in [6, 6.07) is 11.8. The standard InChI is InChI=1S/C16H14N2O2S3/c1-20-14(19)13-8-11(15(21-2)23-13)12-9-22-16(18-12)17-10-6-4-3-5-7-10/h3-9H,1-2H3,(H,17,18). The van der Waals surface area contributed by atoms with E-state index in [0.29, 0.717) is 4.88 Å². The molecule has 3 rings (SSSR count). The van der Waals surface area contributed by atoms with Gasteiger partial charge in [-0.2, -0.15) is 0 Å². The van der Waals surface area contributed by atoms with Crippen LogP contribution in [0.3, 0.4) is 0 Å². The maximum atomic E-state index is 11.7. The number of hydrogen-bond donors (Lipinski definition) is 1. The number of para-hydroxylation sites is 1. The minimum atomic E-state index is -0.311. The van der Waals surface area contributed by atoms with Crippen LogP contribution in [-0.2, 0) is 4.74 Å². The number of anilines is 2. The van der Waals surface area contributed by atoms with Crippen LogP contribution in [0.5, 0.6) is 0 Å². The molecule has 0 radical (unpaired) electrons. The van der Waals surface area contributed by atoms with Gasteiger partial charge in [-0.05, 0) is 24.5 Å². The lowest BCUT2D eigenvalue weighted by Crippen LogP contribution is -1.96. The minimum Gasteiger partial charge on any atom is -0.465 e. The van der Waals surface area contributed by atoms with Gasteiger partial charge in [-0.25, -0.2) is 9.78 Å². The highest BCUT2D eigenvalue weighted by molar-refractivity contribution is 8.00. The van der Waals surface area contributed by atoms with Gasteiger partial charge in [-0.3, -0.25) is 0 Å². The average Bonchev–Trinajstić information content (AvgIpc) is 3.21. The smallest absolute Gasteiger partial charge is 0.348 e. The van der Waals surface area contributed by atoms with Crippen molar-refractivity contribution in [2.45, 2.75) is 4.21 Å². The third-order valence-corrected chi connectivity index (χ3v) is 6.08. The molecule has 0 unspecified atom stereocenters. The number of hydrogen-bond acceptors (Lipinski definition) is 7. The molecule has 118 valence electrons. The topological polar surface area (TPSA) is 51.2 Å². The molecule has 3 aromatic rings. The Morgan fingerprint density at radius 1 is 1.30 bits per heavy atom. The molecular formula is C16H14N2O2S3. The first-order valence-electron chi connectivity index (χ1n) is 6.75. The largest absolute Gasteiger partial charge is 0.465 e. The van der Waals surface area contributed by atoms with Crippen LogP contribution in [0.15, 0.2) is 46.0 Å². The highest BCUT2D eigenvalue weighted by Crippen LogP contribution is 2.39. The van der Waals surface area contributed by atoms with Gasteiger partial charge in [0, 0.05) is 16.6 Å². The first-order valence-corrected chi connectivity index (χ1v) is 9.67. The number of rotatable bonds is 5. The van der Waals surface area contributed by atoms with Crippen LogP contribution in [0.1, 0.15) is 9.67 Å². The molecule has 0 aliphatic carbocycles. The summed E-state index contributed by atoms with van der Waals surface area (Å²) in [5.74, 6) is -0.311. The maximum Gasteiger partial charge on any atom is 0.348 e. The number of nitrogens with one attached hydrogen (secondary N) is 1. The summed E-state index contributed by atoms with van der Waals surface area (Å²) >= 11 is 4.58. The second-order valence-electron chi connectivity index (χ2n) is 4.54. The van der Waals surface area contributed by atoms with Gasteiger partial charge in [-0.15, -0.1) is 34.4 Å². The minimum absolute atomic E-state index is 0.311. The lowest BCUT2D eigenvalue weighted by molar-refractivity contribution is 0.0606. The summed E-state index contributed by atoms with van der Waals surface area (Å²) in [5, 5.41) is 6.10. The number of methoxy groups -OCH3 is 1. The molecule has 0 atom stereocenters. The molecule has 0 bridgehead atoms. The average molecular weight is 363 g/mol. The predicted molar refractivity (Wildman–Crippen MR) is 98.3 cm³/mol. The number of nitrogens with zero attached hydrogens (tertiary/aromatic N) is 1. The Morgan fingerprint density at radius 2 is 2.09 bits per heavy atom. The van der Waals surface area contributed by atoms with Crippen molar-refractivity contribution in [2.75, 3.05) is 18.7 Å². The van der Waals surface area contributed by atoms with E-state index in [9.17, 15) is 4.79 Å². The quantitative estimate of drug-likeness (QED) is 0.504. The fourth-order valence-electron chi connectivity index (χ4n) is 2.01. The van der Waals surface area contributed by atoms with E-state index < -0.39 is 0 Å². The van der Waals surface area contributed by atoms with E-state index in [1.807, 2.05) is 48.0 Å². The number of carbonyl (C=O) groups is 1. The Balaban J connectivity index is 1.88. The summed E-state index contributed by atoms with van der Waals surface area (Å²) in [5.41, 5.74) is 2.84. The van der Waals surface area contributed by atoms with Gasteiger partial charge in [0.05, 0.1) is 17.0 Å². The Morgan fingerprint density at radius 3 is 2.78 bits per heavy atom. The van der Waals surface area contributed by atoms with E-state index in [0.717, 1.165) is 26.3 Å². The first-order chi connectivity index (χ1) is 11.2. The van der Waals surface area contributed by atoms with Gasteiger partial charge in [0.2, 0.25) is 0 Å². The number of thioether (sulfide) groups is 1. The zero-order valence-electron chi connectivity index (χ0n) is 12.5. The van der Waals surface area contributed by atoms with Gasteiger partial charge in [0.15, 0.2) is 5.13 Å². The Hall–Kier alpha value is -1.83. The predicted octanol–water partition coefficient (Wildman–Crippen LogP) is 5.12. The summed E-state index contributed by atoms with van der Waals surface area (Å²) in [4.78, 5) is 16.9. The normalized spacial score (nSPS) is 10.5. The van der Waals surface area contributed by atoms with Gasteiger partial charge >= 0.3 is 5.97 Å². The molecule has 2 heterocycles. The van der Waals surface area contributed by atoms with E-state index in [1.165, 1.54) is 29.8 Å². The molecule has 0 fully saturated rings. The number of ether oxygens (including phenoxy) is 1. The lowest BCUT2D eigenvalue weighted by Gasteiger charge is -2.01. The molecule has 0 saturated heterocycles. The molecule has 0 amide bonds. The molecule has 23 heavy (non-hydrogen) atoms. The van der Waals surface area contributed by atoms with Crippen molar-refractivity contribution in [1.29, 1.82) is 0 Å². The number of thiophene rings is 1. The van der Waals surface area contributed by atoms with Gasteiger partial charge < -0.3 is 10.1 Å². The van der Waals surface area contributed by atoms with Crippen LogP contribution in [0.25, 0.3) is 11.3 Å². The van der Waals surface area contributed by atoms with E-state index in [-0.39, 0.29) is 5.97 Å². The highest BCUT2D eigenvalue weighted by Gasteiger charge is 2.17. The second kappa shape index (κ2) is 7.16. The number of esters is 1. The van der Waals surface area contributed by atoms with Gasteiger partial charge in [0.1, 0.15) is 4.88 Å². The van der Waals surface area contributed by atoms with Crippen LogP contribution < -0.4 is 5.32 Å². The Labute approximate surface area is 146 Å². The monoisotopic (exact) mass is 362 g/mol. The first kappa shape index (κ1) is 16.0. The van der Waals surface area contributed by atoms with Crippen LogP contribution in [0, 0.1) is 0 Å². The van der Waals surface area contributed by atoms with Crippen LogP contribution in [-0.4, -0.2) is 24.3 Å². The third-order valence-electron chi connectivity index (χ3n) is 3.08. The van der Waals surface area contributed by atoms with Gasteiger partial charge in [-0.1, -0.05) is 18.2 Å². The second-order valence-corrected chi connectivity index (χ2v) is 7.52. The van der Waals surface area contributed by atoms with Crippen LogP contribution in [0.4, 0.5) is 10.8 Å². The Bertz CT molecular complexity index is 812. The molecule has 0 aliphatic rings. The fraction of sp³-hybridized carbons (Fsp3) is 0.125. The number of carbonyl (C=O) groups excluding carboxylic acids is 1. The van der Waals surface area contributed by atoms with Crippen molar-refractivity contribution in [2.24, 2.45) is 0 Å². The summed E-state index contributed by atoms with van der Waals surface area (Å²) in [6.07, 6.45) is 1.99. The SMILES string of the molecule is COC(=O)c1cc(-c2csc(Nc3ccccc3)n2)c(SC)s1. The van der Waals surface area contributed by atoms with E-state index in [1.54, 1.807) is 11.8 Å². The molecule has 4 nitrogen and oxygen atoms in total. The van der Waals surface area contributed by atoms with E-state index >= 15 is 0 Å². The Kier molecular flexibility index (Phi) is 5.00. The molecular weight excluding hydrogens is 348 g/mol. The number of thiazole rings is 1. The number of aromatic nitrogens is 1. The summed E-state index contributed by atoms with van der Waals surface area (Å²) in [7, 11) is 1.39. The molecule has 1 aromatic carbocycles. The fourth-order valence-corrected chi connectivity index (χ4v) is 4.54. The van der Waals surface area contributed by atoms with Crippen LogP contribution in [0.2, 0.25) is 0 Å². The molecule has 7 heteroatoms. The molecule has 0 aliphatic heterocycles. The van der Waals surface area contributed by atoms with E-state index in [2.05, 4.69) is 10.3 Å². The third kappa shape index (κ3) is 3.57. The summed E-state index contributed by atoms with van der Waals surface area (Å²) in [6.45, 7) is 0. The van der Waals surface area contributed by atoms with E-state index in [4.69, 9.17) is 4.74 Å². The zero-order chi connectivity index (χ0) is 16.2. The van der Waals surface area contributed by atoms with Crippen molar-refractivity contribution < 1.29 is 9.53 Å². The number of benzene rings is 1. The lowest BCUT2D eigenvalue weighted by atomic mass is 10.2. The molecule has 1 N–H and O–H groups in total. The molecule has 2 aromatic heterocycles. The van der Waals surface area contributed by atoms with Gasteiger partial charge in [0.25, 0.3) is 0 Å². The zero-order valence-corrected chi connectivity index (χ0v) is 15.0. The van der Waals surface area contributed by atoms with Crippen molar-refractivity contribution in [3.8, 4) is 11.3 Å².